The molecule has 2 N–H and O–H groups in total. The Morgan fingerprint density at radius 1 is 0.814 bits per heavy atom. The number of aliphatic hydroxyl groups is 1. The molecule has 1 fully saturated rings. The normalized spacial score (nSPS) is 16.9. The lowest BCUT2D eigenvalue weighted by Crippen LogP contribution is -2.38. The molecule has 1 heterocycles. The predicted octanol–water partition coefficient (Wildman–Crippen LogP) is 8.98. The van der Waals surface area contributed by atoms with E-state index in [9.17, 15) is 23.6 Å². The van der Waals surface area contributed by atoms with Crippen LogP contribution in [0.15, 0.2) is 163 Å². The van der Waals surface area contributed by atoms with Gasteiger partial charge in [0.1, 0.15) is 28.9 Å². The van der Waals surface area contributed by atoms with E-state index in [1.165, 1.54) is 24.3 Å². The lowest BCUT2D eigenvalue weighted by Gasteiger charge is -2.37. The second-order valence-electron chi connectivity index (χ2n) is 15.1. The Labute approximate surface area is 343 Å². The van der Waals surface area contributed by atoms with Crippen LogP contribution in [0.4, 0.5) is 0 Å². The van der Waals surface area contributed by atoms with Crippen molar-refractivity contribution in [2.75, 3.05) is 6.61 Å². The number of hydrogen-bond acceptors (Lipinski definition) is 8. The van der Waals surface area contributed by atoms with Gasteiger partial charge >= 0.3 is 0 Å². The first kappa shape index (κ1) is 39.1. The Morgan fingerprint density at radius 3 is 2.00 bits per heavy atom. The fourth-order valence-electron chi connectivity index (χ4n) is 7.95. The van der Waals surface area contributed by atoms with E-state index in [1.54, 1.807) is 30.5 Å². The van der Waals surface area contributed by atoms with Crippen molar-refractivity contribution in [2.24, 2.45) is 5.92 Å². The molecule has 0 saturated heterocycles. The predicted molar refractivity (Wildman–Crippen MR) is 225 cm³/mol. The van der Waals surface area contributed by atoms with E-state index in [2.05, 4.69) is 41.1 Å². The van der Waals surface area contributed by atoms with Gasteiger partial charge in [0, 0.05) is 0 Å². The van der Waals surface area contributed by atoms with Crippen molar-refractivity contribution in [3.05, 3.63) is 186 Å². The molecular formula is C48H42N4O6S. The standard InChI is InChI=1S/C48H42N4O6S/c1-47(54)28-26-34(27-29-47)33-57-43-25-24-39(30-35(43)31-49)59(55,56)51-46(53)40-20-11-12-22-44(40)58-45-23-13-21-42-41(45)32-50-52(42)48(36-14-5-2-6-15-36,37-16-7-3-8-17-37)38-18-9-4-10-19-38/h2-25,30,32,34,54H,26-29,33H2,1H3,(H,51,53). The molecule has 296 valence electrons. The number of amides is 1. The summed E-state index contributed by atoms with van der Waals surface area (Å²) in [7, 11) is -4.42. The average molecular weight is 803 g/mol. The van der Waals surface area contributed by atoms with Crippen molar-refractivity contribution in [3.8, 4) is 23.3 Å². The number of benzene rings is 6. The number of fused-ring (bicyclic) bond motifs is 1. The maximum atomic E-state index is 13.8. The summed E-state index contributed by atoms with van der Waals surface area (Å²) in [6, 6.07) is 48.5. The fraction of sp³-hybridized carbons (Fsp3) is 0.188. The molecule has 0 unspecified atom stereocenters. The molecule has 0 bridgehead atoms. The maximum absolute atomic E-state index is 13.8. The molecule has 1 aromatic heterocycles. The number of rotatable bonds is 12. The van der Waals surface area contributed by atoms with Gasteiger partial charge in [-0.15, -0.1) is 0 Å². The first-order chi connectivity index (χ1) is 28.6. The van der Waals surface area contributed by atoms with Crippen molar-refractivity contribution in [1.29, 1.82) is 5.26 Å². The monoisotopic (exact) mass is 802 g/mol. The minimum atomic E-state index is -4.42. The van der Waals surface area contributed by atoms with Gasteiger partial charge in [0.05, 0.1) is 45.3 Å². The quantitative estimate of drug-likeness (QED) is 0.117. The Morgan fingerprint density at radius 2 is 1.39 bits per heavy atom. The van der Waals surface area contributed by atoms with Crippen molar-refractivity contribution in [1.82, 2.24) is 14.5 Å². The third kappa shape index (κ3) is 7.80. The number of nitriles is 1. The molecule has 0 atom stereocenters. The van der Waals surface area contributed by atoms with E-state index in [0.717, 1.165) is 35.0 Å². The summed E-state index contributed by atoms with van der Waals surface area (Å²) in [6.07, 6.45) is 4.64. The van der Waals surface area contributed by atoms with E-state index in [1.807, 2.05) is 84.4 Å². The zero-order chi connectivity index (χ0) is 41.0. The summed E-state index contributed by atoms with van der Waals surface area (Å²) >= 11 is 0. The van der Waals surface area contributed by atoms with Crippen molar-refractivity contribution >= 4 is 26.8 Å². The zero-order valence-corrected chi connectivity index (χ0v) is 33.2. The molecule has 8 rings (SSSR count). The second kappa shape index (κ2) is 16.3. The molecule has 1 saturated carbocycles. The lowest BCUT2D eigenvalue weighted by molar-refractivity contribution is 0.00151. The number of nitrogens with zero attached hydrogens (tertiary/aromatic N) is 3. The molecule has 6 aromatic carbocycles. The van der Waals surface area contributed by atoms with Crippen LogP contribution in [0.25, 0.3) is 10.9 Å². The van der Waals surface area contributed by atoms with Crippen molar-refractivity contribution in [2.45, 2.75) is 48.6 Å². The van der Waals surface area contributed by atoms with Gasteiger partial charge in [-0.05, 0) is 97.7 Å². The van der Waals surface area contributed by atoms with Crippen LogP contribution in [-0.4, -0.2) is 41.4 Å². The molecule has 7 aromatic rings. The number of hydrogen-bond donors (Lipinski definition) is 2. The van der Waals surface area contributed by atoms with Gasteiger partial charge in [-0.25, -0.2) is 17.8 Å². The summed E-state index contributed by atoms with van der Waals surface area (Å²) in [5.74, 6) is 0.0901. The van der Waals surface area contributed by atoms with Gasteiger partial charge in [0.2, 0.25) is 0 Å². The van der Waals surface area contributed by atoms with Crippen molar-refractivity contribution < 1.29 is 27.8 Å². The highest BCUT2D eigenvalue weighted by Crippen LogP contribution is 2.43. The fourth-order valence-corrected chi connectivity index (χ4v) is 8.94. The molecule has 1 amide bonds. The maximum Gasteiger partial charge on any atom is 0.268 e. The highest BCUT2D eigenvalue weighted by atomic mass is 32.2. The van der Waals surface area contributed by atoms with Gasteiger partial charge < -0.3 is 14.6 Å². The van der Waals surface area contributed by atoms with Gasteiger partial charge in [0.15, 0.2) is 0 Å². The van der Waals surface area contributed by atoms with Gasteiger partial charge in [-0.1, -0.05) is 109 Å². The summed E-state index contributed by atoms with van der Waals surface area (Å²) < 4.78 is 43.7. The van der Waals surface area contributed by atoms with Crippen LogP contribution in [0.1, 0.15) is 65.2 Å². The summed E-state index contributed by atoms with van der Waals surface area (Å²) in [5.41, 5.74) is 2.20. The van der Waals surface area contributed by atoms with Gasteiger partial charge in [-0.2, -0.15) is 10.4 Å². The second-order valence-corrected chi connectivity index (χ2v) is 16.8. The van der Waals surface area contributed by atoms with Gasteiger partial charge in [-0.3, -0.25) is 4.79 Å². The van der Waals surface area contributed by atoms with Crippen LogP contribution in [0.5, 0.6) is 17.2 Å². The molecule has 0 aliphatic heterocycles. The summed E-state index contributed by atoms with van der Waals surface area (Å²) in [6.45, 7) is 2.17. The number of ether oxygens (including phenoxy) is 2. The molecule has 1 aliphatic rings. The lowest BCUT2D eigenvalue weighted by atomic mass is 9.77. The summed E-state index contributed by atoms with van der Waals surface area (Å²) in [5, 5.41) is 25.9. The van der Waals surface area contributed by atoms with Crippen LogP contribution in [-0.2, 0) is 15.6 Å². The molecule has 11 heteroatoms. The van der Waals surface area contributed by atoms with Crippen LogP contribution < -0.4 is 14.2 Å². The number of para-hydroxylation sites is 1. The Bertz CT molecular complexity index is 2660. The first-order valence-corrected chi connectivity index (χ1v) is 20.9. The minimum Gasteiger partial charge on any atom is -0.492 e. The van der Waals surface area contributed by atoms with E-state index < -0.39 is 27.1 Å². The van der Waals surface area contributed by atoms with Crippen LogP contribution in [0, 0.1) is 17.2 Å². The highest BCUT2D eigenvalue weighted by molar-refractivity contribution is 7.90. The first-order valence-electron chi connectivity index (χ1n) is 19.5. The topological polar surface area (TPSA) is 144 Å². The van der Waals surface area contributed by atoms with Crippen LogP contribution in [0.2, 0.25) is 0 Å². The number of sulfonamides is 1. The third-order valence-corrected chi connectivity index (χ3v) is 12.4. The van der Waals surface area contributed by atoms with Crippen LogP contribution in [0.3, 0.4) is 0 Å². The highest BCUT2D eigenvalue weighted by Gasteiger charge is 2.40. The SMILES string of the molecule is CC1(O)CCC(COc2ccc(S(=O)(=O)NC(=O)c3ccccc3Oc3cccc4c3cnn4C(c3ccccc3)(c3ccccc3)c3ccccc3)cc2C#N)CC1. The van der Waals surface area contributed by atoms with E-state index in [-0.39, 0.29) is 33.4 Å². The molecule has 0 radical (unpaired) electrons. The van der Waals surface area contributed by atoms with Crippen LogP contribution >= 0.6 is 0 Å². The van der Waals surface area contributed by atoms with E-state index in [0.29, 0.717) is 30.6 Å². The van der Waals surface area contributed by atoms with E-state index >= 15 is 0 Å². The molecule has 1 aliphatic carbocycles. The Kier molecular flexibility index (Phi) is 10.8. The molecule has 59 heavy (non-hydrogen) atoms. The number of carbonyl (C=O) groups excluding carboxylic acids is 1. The zero-order valence-electron chi connectivity index (χ0n) is 32.4. The number of aromatic nitrogens is 2. The molecule has 0 spiro atoms. The minimum absolute atomic E-state index is 0.0143. The number of nitrogens with one attached hydrogen (secondary N) is 1. The van der Waals surface area contributed by atoms with E-state index in [4.69, 9.17) is 14.6 Å². The van der Waals surface area contributed by atoms with Gasteiger partial charge in [0.25, 0.3) is 15.9 Å². The number of carbonyl (C=O) groups is 1. The molecular weight excluding hydrogens is 761 g/mol. The van der Waals surface area contributed by atoms with Crippen molar-refractivity contribution in [3.63, 3.8) is 0 Å². The summed E-state index contributed by atoms with van der Waals surface area (Å²) in [4.78, 5) is 13.5. The largest absolute Gasteiger partial charge is 0.492 e. The average Bonchev–Trinajstić information content (AvgIpc) is 3.70. The Hall–Kier alpha value is -6.74. The smallest absolute Gasteiger partial charge is 0.268 e. The Balaban J connectivity index is 1.08. The molecule has 10 nitrogen and oxygen atoms in total. The third-order valence-electron chi connectivity index (χ3n) is 11.1.